The monoisotopic (exact) mass is 275 g/mol. The van der Waals surface area contributed by atoms with E-state index in [0.717, 1.165) is 19.5 Å². The van der Waals surface area contributed by atoms with E-state index in [1.54, 1.807) is 4.90 Å². The second-order valence-electron chi connectivity index (χ2n) is 4.40. The third-order valence-corrected chi connectivity index (χ3v) is 3.54. The van der Waals surface area contributed by atoms with Gasteiger partial charge in [0.15, 0.2) is 0 Å². The van der Waals surface area contributed by atoms with Crippen LogP contribution < -0.4 is 5.32 Å². The largest absolute Gasteiger partial charge is 0.324 e. The second-order valence-corrected chi connectivity index (χ2v) is 4.78. The summed E-state index contributed by atoms with van der Waals surface area (Å²) in [6.07, 6.45) is 1.15. The molecule has 18 heavy (non-hydrogen) atoms. The van der Waals surface area contributed by atoms with Crippen molar-refractivity contribution < 1.29 is 9.59 Å². The van der Waals surface area contributed by atoms with Crippen molar-refractivity contribution >= 4 is 23.5 Å². The van der Waals surface area contributed by atoms with Crippen LogP contribution in [0.25, 0.3) is 0 Å². The summed E-state index contributed by atoms with van der Waals surface area (Å²) in [5.41, 5.74) is 0. The molecule has 0 aromatic rings. The molecule has 1 rings (SSSR count). The Bertz CT molecular complexity index is 295. The van der Waals surface area contributed by atoms with Gasteiger partial charge in [-0.15, -0.1) is 11.6 Å². The zero-order chi connectivity index (χ0) is 13.5. The van der Waals surface area contributed by atoms with Crippen molar-refractivity contribution in [3.63, 3.8) is 0 Å². The Morgan fingerprint density at radius 1 is 1.39 bits per heavy atom. The summed E-state index contributed by atoms with van der Waals surface area (Å²) >= 11 is 5.45. The number of halogens is 1. The fraction of sp³-hybridized carbons (Fsp3) is 0.833. The number of nitrogens with zero attached hydrogens (tertiary/aromatic N) is 2. The number of amides is 3. The van der Waals surface area contributed by atoms with Crippen molar-refractivity contribution in [3.8, 4) is 0 Å². The molecule has 1 atom stereocenters. The molecule has 1 fully saturated rings. The van der Waals surface area contributed by atoms with E-state index in [1.165, 1.54) is 0 Å². The standard InChI is InChI=1S/C12H22ClN3O2/c1-3-15(4-2)10-6-8-16(9-10)12(18)14-11(17)5-7-13/h10H,3-9H2,1-2H3,(H,14,17,18). The van der Waals surface area contributed by atoms with Gasteiger partial charge in [0.25, 0.3) is 0 Å². The molecule has 0 spiro atoms. The number of hydrogen-bond donors (Lipinski definition) is 1. The average molecular weight is 276 g/mol. The van der Waals surface area contributed by atoms with E-state index >= 15 is 0 Å². The number of nitrogens with one attached hydrogen (secondary N) is 1. The maximum absolute atomic E-state index is 11.8. The van der Waals surface area contributed by atoms with Crippen LogP contribution in [0.15, 0.2) is 0 Å². The van der Waals surface area contributed by atoms with Gasteiger partial charge >= 0.3 is 6.03 Å². The molecule has 0 bridgehead atoms. The van der Waals surface area contributed by atoms with Crippen molar-refractivity contribution in [3.05, 3.63) is 0 Å². The maximum atomic E-state index is 11.8. The number of hydrogen-bond acceptors (Lipinski definition) is 3. The summed E-state index contributed by atoms with van der Waals surface area (Å²) in [5, 5.41) is 2.36. The quantitative estimate of drug-likeness (QED) is 0.769. The number of likely N-dealkylation sites (N-methyl/N-ethyl adjacent to an activating group) is 1. The smallest absolute Gasteiger partial charge is 0.323 e. The Kier molecular flexibility index (Phi) is 6.43. The topological polar surface area (TPSA) is 52.6 Å². The molecule has 5 nitrogen and oxygen atoms in total. The molecular weight excluding hydrogens is 254 g/mol. The second kappa shape index (κ2) is 7.59. The number of imide groups is 1. The van der Waals surface area contributed by atoms with Crippen LogP contribution in [0.4, 0.5) is 4.79 Å². The molecule has 0 aromatic carbocycles. The van der Waals surface area contributed by atoms with E-state index < -0.39 is 0 Å². The summed E-state index contributed by atoms with van der Waals surface area (Å²) in [4.78, 5) is 27.1. The highest BCUT2D eigenvalue weighted by Gasteiger charge is 2.29. The lowest BCUT2D eigenvalue weighted by Crippen LogP contribution is -2.44. The van der Waals surface area contributed by atoms with Gasteiger partial charge in [0.05, 0.1) is 0 Å². The predicted octanol–water partition coefficient (Wildman–Crippen LogP) is 1.27. The minimum Gasteiger partial charge on any atom is -0.323 e. The van der Waals surface area contributed by atoms with Gasteiger partial charge in [-0.25, -0.2) is 4.79 Å². The van der Waals surface area contributed by atoms with Gasteiger partial charge < -0.3 is 4.90 Å². The van der Waals surface area contributed by atoms with Crippen LogP contribution in [-0.2, 0) is 4.79 Å². The molecule has 0 saturated carbocycles. The molecule has 1 aliphatic heterocycles. The Morgan fingerprint density at radius 2 is 2.06 bits per heavy atom. The summed E-state index contributed by atoms with van der Waals surface area (Å²) in [7, 11) is 0. The molecule has 1 unspecified atom stereocenters. The highest BCUT2D eigenvalue weighted by atomic mass is 35.5. The Balaban J connectivity index is 2.41. The van der Waals surface area contributed by atoms with Crippen molar-refractivity contribution in [2.24, 2.45) is 0 Å². The maximum Gasteiger partial charge on any atom is 0.324 e. The van der Waals surface area contributed by atoms with Crippen molar-refractivity contribution in [1.82, 2.24) is 15.1 Å². The van der Waals surface area contributed by atoms with Crippen molar-refractivity contribution in [2.45, 2.75) is 32.7 Å². The first-order valence-corrected chi connectivity index (χ1v) is 7.04. The van der Waals surface area contributed by atoms with Crippen LogP contribution in [0.5, 0.6) is 0 Å². The molecule has 0 radical (unpaired) electrons. The number of carbonyl (C=O) groups is 2. The van der Waals surface area contributed by atoms with Crippen LogP contribution in [0.2, 0.25) is 0 Å². The van der Waals surface area contributed by atoms with E-state index in [1.807, 2.05) is 0 Å². The van der Waals surface area contributed by atoms with Gasteiger partial charge in [-0.2, -0.15) is 0 Å². The number of alkyl halides is 1. The molecular formula is C12H22ClN3O2. The number of rotatable bonds is 5. The van der Waals surface area contributed by atoms with E-state index in [4.69, 9.17) is 11.6 Å². The average Bonchev–Trinajstić information content (AvgIpc) is 2.80. The van der Waals surface area contributed by atoms with E-state index in [9.17, 15) is 9.59 Å². The molecule has 1 saturated heterocycles. The fourth-order valence-electron chi connectivity index (χ4n) is 2.31. The highest BCUT2D eigenvalue weighted by molar-refractivity contribution is 6.19. The Labute approximate surface area is 113 Å². The number of carbonyl (C=O) groups excluding carboxylic acids is 2. The summed E-state index contributed by atoms with van der Waals surface area (Å²) < 4.78 is 0. The Morgan fingerprint density at radius 3 is 2.61 bits per heavy atom. The van der Waals surface area contributed by atoms with Gasteiger partial charge in [0.2, 0.25) is 5.91 Å². The molecule has 0 aliphatic carbocycles. The molecule has 0 aromatic heterocycles. The summed E-state index contributed by atoms with van der Waals surface area (Å²) in [6, 6.07) is 0.119. The minimum absolute atomic E-state index is 0.181. The van der Waals surface area contributed by atoms with E-state index in [-0.39, 0.29) is 24.2 Å². The molecule has 1 heterocycles. The zero-order valence-electron chi connectivity index (χ0n) is 11.1. The van der Waals surface area contributed by atoms with Crippen molar-refractivity contribution in [1.29, 1.82) is 0 Å². The van der Waals surface area contributed by atoms with Crippen LogP contribution in [0.3, 0.4) is 0 Å². The third kappa shape index (κ3) is 4.14. The van der Waals surface area contributed by atoms with Crippen LogP contribution in [0, 0.1) is 0 Å². The lowest BCUT2D eigenvalue weighted by Gasteiger charge is -2.26. The molecule has 3 amide bonds. The zero-order valence-corrected chi connectivity index (χ0v) is 11.9. The molecule has 1 N–H and O–H groups in total. The third-order valence-electron chi connectivity index (χ3n) is 3.35. The highest BCUT2D eigenvalue weighted by Crippen LogP contribution is 2.15. The van der Waals surface area contributed by atoms with Crippen LogP contribution in [0.1, 0.15) is 26.7 Å². The normalized spacial score (nSPS) is 19.3. The summed E-state index contributed by atoms with van der Waals surface area (Å²) in [6.45, 7) is 7.62. The SMILES string of the molecule is CCN(CC)C1CCN(C(=O)NC(=O)CCCl)C1. The molecule has 6 heteroatoms. The van der Waals surface area contributed by atoms with Crippen molar-refractivity contribution in [2.75, 3.05) is 32.1 Å². The van der Waals surface area contributed by atoms with Gasteiger partial charge in [-0.1, -0.05) is 13.8 Å². The van der Waals surface area contributed by atoms with Crippen LogP contribution in [-0.4, -0.2) is 59.8 Å². The Hall–Kier alpha value is -0.810. The van der Waals surface area contributed by atoms with E-state index in [0.29, 0.717) is 19.1 Å². The first-order valence-electron chi connectivity index (χ1n) is 6.51. The number of likely N-dealkylation sites (tertiary alicyclic amines) is 1. The molecule has 104 valence electrons. The van der Waals surface area contributed by atoms with Gasteiger partial charge in [0, 0.05) is 31.4 Å². The fourth-order valence-corrected chi connectivity index (χ4v) is 2.48. The lowest BCUT2D eigenvalue weighted by molar-refractivity contribution is -0.119. The molecule has 1 aliphatic rings. The van der Waals surface area contributed by atoms with E-state index in [2.05, 4.69) is 24.1 Å². The first kappa shape index (κ1) is 15.2. The van der Waals surface area contributed by atoms with Gasteiger partial charge in [-0.05, 0) is 19.5 Å². The first-order chi connectivity index (χ1) is 8.62. The lowest BCUT2D eigenvalue weighted by atomic mass is 10.2. The van der Waals surface area contributed by atoms with Gasteiger partial charge in [-0.3, -0.25) is 15.0 Å². The number of urea groups is 1. The van der Waals surface area contributed by atoms with Crippen LogP contribution >= 0.6 is 11.6 Å². The predicted molar refractivity (Wildman–Crippen MR) is 71.8 cm³/mol. The van der Waals surface area contributed by atoms with Gasteiger partial charge in [0.1, 0.15) is 0 Å². The minimum atomic E-state index is -0.304. The summed E-state index contributed by atoms with van der Waals surface area (Å²) in [5.74, 6) is -0.0671.